The monoisotopic (exact) mass is 349 g/mol. The lowest BCUT2D eigenvalue weighted by molar-refractivity contribution is 0.363. The van der Waals surface area contributed by atoms with Crippen LogP contribution in [0.1, 0.15) is 17.8 Å². The van der Waals surface area contributed by atoms with Crippen LogP contribution in [0.4, 0.5) is 0 Å². The summed E-state index contributed by atoms with van der Waals surface area (Å²) in [5, 5.41) is 4.36. The van der Waals surface area contributed by atoms with E-state index >= 15 is 0 Å². The Kier molecular flexibility index (Phi) is 4.37. The van der Waals surface area contributed by atoms with E-state index in [0.29, 0.717) is 12.3 Å². The Hall–Kier alpha value is -0.400. The van der Waals surface area contributed by atoms with Gasteiger partial charge in [-0.2, -0.15) is 5.10 Å². The van der Waals surface area contributed by atoms with Crippen molar-refractivity contribution in [2.45, 2.75) is 19.8 Å². The molecule has 2 unspecified atom stereocenters. The molecule has 0 aromatic carbocycles. The summed E-state index contributed by atoms with van der Waals surface area (Å²) >= 11 is 3.55. The van der Waals surface area contributed by atoms with E-state index in [2.05, 4.69) is 21.0 Å². The second-order valence-corrected chi connectivity index (χ2v) is 8.35. The largest absolute Gasteiger partial charge is 0.330 e. The molecule has 0 amide bonds. The third-order valence-electron chi connectivity index (χ3n) is 3.95. The topological polar surface area (TPSA) is 78.0 Å². The first kappa shape index (κ1) is 15.0. The Morgan fingerprint density at radius 3 is 2.68 bits per heavy atom. The highest BCUT2D eigenvalue weighted by molar-refractivity contribution is 9.10. The molecule has 5 nitrogen and oxygen atoms in total. The van der Waals surface area contributed by atoms with Gasteiger partial charge in [-0.25, -0.2) is 8.42 Å². The molecule has 0 aliphatic carbocycles. The number of halogens is 1. The van der Waals surface area contributed by atoms with Crippen LogP contribution in [0, 0.1) is 18.8 Å². The molecule has 2 heterocycles. The quantitative estimate of drug-likeness (QED) is 0.880. The van der Waals surface area contributed by atoms with Crippen LogP contribution in [0.25, 0.3) is 0 Å². The summed E-state index contributed by atoms with van der Waals surface area (Å²) in [5.74, 6) is 0.962. The van der Waals surface area contributed by atoms with Crippen molar-refractivity contribution >= 4 is 25.8 Å². The number of nitrogens with two attached hydrogens (primary N) is 1. The maximum absolute atomic E-state index is 11.6. The highest BCUT2D eigenvalue weighted by Gasteiger charge is 2.33. The zero-order valence-corrected chi connectivity index (χ0v) is 13.7. The first-order valence-corrected chi connectivity index (χ1v) is 9.04. The van der Waals surface area contributed by atoms with E-state index in [1.807, 2.05) is 18.7 Å². The first-order valence-electron chi connectivity index (χ1n) is 6.42. The lowest BCUT2D eigenvalue weighted by atomic mass is 9.88. The van der Waals surface area contributed by atoms with Gasteiger partial charge in [-0.1, -0.05) is 0 Å². The van der Waals surface area contributed by atoms with Gasteiger partial charge in [0.05, 0.1) is 27.4 Å². The smallest absolute Gasteiger partial charge is 0.150 e. The summed E-state index contributed by atoms with van der Waals surface area (Å²) in [4.78, 5) is 0. The van der Waals surface area contributed by atoms with Crippen molar-refractivity contribution in [1.29, 1.82) is 0 Å². The van der Waals surface area contributed by atoms with Crippen molar-refractivity contribution < 1.29 is 8.42 Å². The van der Waals surface area contributed by atoms with E-state index in [0.717, 1.165) is 28.7 Å². The minimum atomic E-state index is -2.85. The van der Waals surface area contributed by atoms with Crippen LogP contribution in [-0.4, -0.2) is 36.2 Å². The van der Waals surface area contributed by atoms with Gasteiger partial charge in [0.15, 0.2) is 9.84 Å². The normalized spacial score (nSPS) is 23.7. The van der Waals surface area contributed by atoms with Gasteiger partial charge in [0.1, 0.15) is 0 Å². The molecule has 0 bridgehead atoms. The summed E-state index contributed by atoms with van der Waals surface area (Å²) in [5.41, 5.74) is 7.90. The molecule has 1 aliphatic heterocycles. The van der Waals surface area contributed by atoms with E-state index in [1.165, 1.54) is 0 Å². The summed E-state index contributed by atoms with van der Waals surface area (Å²) in [6.07, 6.45) is 1.51. The van der Waals surface area contributed by atoms with Gasteiger partial charge in [-0.05, 0) is 54.1 Å². The highest BCUT2D eigenvalue weighted by Crippen LogP contribution is 2.30. The third-order valence-corrected chi connectivity index (χ3v) is 6.78. The average Bonchev–Trinajstić information content (AvgIpc) is 2.79. The first-order chi connectivity index (χ1) is 8.84. The second kappa shape index (κ2) is 5.54. The Morgan fingerprint density at radius 2 is 2.26 bits per heavy atom. The Morgan fingerprint density at radius 1 is 1.58 bits per heavy atom. The number of aryl methyl sites for hydroxylation is 2. The zero-order valence-electron chi connectivity index (χ0n) is 11.3. The van der Waals surface area contributed by atoms with Gasteiger partial charge < -0.3 is 5.73 Å². The van der Waals surface area contributed by atoms with Crippen LogP contribution in [-0.2, 0) is 23.3 Å². The lowest BCUT2D eigenvalue weighted by Gasteiger charge is -2.21. The zero-order chi connectivity index (χ0) is 14.2. The standard InChI is InChI=1S/C12H20BrN3O2S/c1-8-12(13)11(16(2)15-8)5-10(6-14)9-3-4-19(17,18)7-9/h9-10H,3-7,14H2,1-2H3. The van der Waals surface area contributed by atoms with E-state index in [1.54, 1.807) is 0 Å². The molecule has 7 heteroatoms. The third kappa shape index (κ3) is 3.20. The van der Waals surface area contributed by atoms with Crippen molar-refractivity contribution in [1.82, 2.24) is 9.78 Å². The Labute approximate surface area is 122 Å². The Balaban J connectivity index is 2.16. The van der Waals surface area contributed by atoms with E-state index in [-0.39, 0.29) is 17.6 Å². The van der Waals surface area contributed by atoms with Crippen molar-refractivity contribution in [2.24, 2.45) is 24.6 Å². The van der Waals surface area contributed by atoms with Gasteiger partial charge >= 0.3 is 0 Å². The minimum absolute atomic E-state index is 0.178. The van der Waals surface area contributed by atoms with Crippen LogP contribution in [0.3, 0.4) is 0 Å². The minimum Gasteiger partial charge on any atom is -0.330 e. The average molecular weight is 350 g/mol. The number of hydrogen-bond acceptors (Lipinski definition) is 4. The number of aromatic nitrogens is 2. The van der Waals surface area contributed by atoms with Gasteiger partial charge in [0.2, 0.25) is 0 Å². The highest BCUT2D eigenvalue weighted by atomic mass is 79.9. The number of rotatable bonds is 4. The molecule has 2 rings (SSSR count). The summed E-state index contributed by atoms with van der Waals surface area (Å²) in [7, 11) is -0.939. The molecule has 0 saturated carbocycles. The maximum atomic E-state index is 11.6. The molecule has 108 valence electrons. The molecule has 1 fully saturated rings. The summed E-state index contributed by atoms with van der Waals surface area (Å²) in [6.45, 7) is 2.46. The number of sulfone groups is 1. The summed E-state index contributed by atoms with van der Waals surface area (Å²) < 4.78 is 26.0. The molecular weight excluding hydrogens is 330 g/mol. The molecule has 2 N–H and O–H groups in total. The lowest BCUT2D eigenvalue weighted by Crippen LogP contribution is -2.27. The molecule has 0 spiro atoms. The molecule has 1 aliphatic rings. The number of hydrogen-bond donors (Lipinski definition) is 1. The van der Waals surface area contributed by atoms with Gasteiger partial charge in [-0.15, -0.1) is 0 Å². The van der Waals surface area contributed by atoms with Crippen LogP contribution in [0.5, 0.6) is 0 Å². The fraction of sp³-hybridized carbons (Fsp3) is 0.750. The molecule has 1 aromatic rings. The van der Waals surface area contributed by atoms with Gasteiger partial charge in [0.25, 0.3) is 0 Å². The van der Waals surface area contributed by atoms with Crippen LogP contribution < -0.4 is 5.73 Å². The second-order valence-electron chi connectivity index (χ2n) is 5.33. The van der Waals surface area contributed by atoms with E-state index in [4.69, 9.17) is 5.73 Å². The van der Waals surface area contributed by atoms with Gasteiger partial charge in [-0.3, -0.25) is 4.68 Å². The van der Waals surface area contributed by atoms with Crippen molar-refractivity contribution in [3.63, 3.8) is 0 Å². The van der Waals surface area contributed by atoms with E-state index in [9.17, 15) is 8.42 Å². The van der Waals surface area contributed by atoms with Crippen LogP contribution in [0.15, 0.2) is 4.47 Å². The van der Waals surface area contributed by atoms with Crippen molar-refractivity contribution in [3.8, 4) is 0 Å². The molecule has 19 heavy (non-hydrogen) atoms. The van der Waals surface area contributed by atoms with Crippen molar-refractivity contribution in [2.75, 3.05) is 18.1 Å². The SMILES string of the molecule is Cc1nn(C)c(CC(CN)C2CCS(=O)(=O)C2)c1Br. The van der Waals surface area contributed by atoms with Crippen molar-refractivity contribution in [3.05, 3.63) is 15.9 Å². The van der Waals surface area contributed by atoms with Crippen LogP contribution in [0.2, 0.25) is 0 Å². The van der Waals surface area contributed by atoms with E-state index < -0.39 is 9.84 Å². The molecule has 1 saturated heterocycles. The fourth-order valence-corrected chi connectivity index (χ4v) is 5.21. The molecular formula is C12H20BrN3O2S. The van der Waals surface area contributed by atoms with Crippen LogP contribution >= 0.6 is 15.9 Å². The molecule has 2 atom stereocenters. The predicted octanol–water partition coefficient (Wildman–Crippen LogP) is 1.04. The predicted molar refractivity (Wildman–Crippen MR) is 78.7 cm³/mol. The van der Waals surface area contributed by atoms with Gasteiger partial charge in [0, 0.05) is 7.05 Å². The summed E-state index contributed by atoms with van der Waals surface area (Å²) in [6, 6.07) is 0. The molecule has 0 radical (unpaired) electrons. The Bertz CT molecular complexity index is 568. The molecule has 1 aromatic heterocycles. The fourth-order valence-electron chi connectivity index (χ4n) is 2.79. The maximum Gasteiger partial charge on any atom is 0.150 e. The number of nitrogens with zero attached hydrogens (tertiary/aromatic N) is 2.